The number of hydrogen-bond donors (Lipinski definition) is 0. The van der Waals surface area contributed by atoms with Crippen LogP contribution in [0.5, 0.6) is 11.5 Å². The van der Waals surface area contributed by atoms with Crippen molar-refractivity contribution in [3.8, 4) is 11.5 Å². The van der Waals surface area contributed by atoms with E-state index >= 15 is 0 Å². The maximum atomic E-state index is 5.71. The molecule has 0 atom stereocenters. The fourth-order valence-electron chi connectivity index (χ4n) is 6.52. The molecule has 12 nitrogen and oxygen atoms in total. The summed E-state index contributed by atoms with van der Waals surface area (Å²) in [6.07, 6.45) is 6.67. The van der Waals surface area contributed by atoms with Crippen LogP contribution in [0, 0.1) is 25.5 Å². The molecule has 0 radical (unpaired) electrons. The molecule has 0 aliphatic carbocycles. The molecule has 2 aliphatic heterocycles. The summed E-state index contributed by atoms with van der Waals surface area (Å²) < 4.78 is 11.4. The van der Waals surface area contributed by atoms with Gasteiger partial charge in [-0.15, -0.1) is 11.4 Å². The molecule has 0 amide bonds. The first-order valence-electron chi connectivity index (χ1n) is 20.7. The van der Waals surface area contributed by atoms with Gasteiger partial charge in [0.05, 0.1) is 0 Å². The Kier molecular flexibility index (Phi) is 18.7. The number of benzene rings is 6. The Morgan fingerprint density at radius 3 is 1.57 bits per heavy atom. The van der Waals surface area contributed by atoms with Gasteiger partial charge in [0, 0.05) is 65.9 Å². The standard InChI is InChI=1S/C27H22N4O2.2C13H11N3.2Pt/c1-3-9-22(10-4-1)28-19-30-24-13-7-15-26(17-24)32-21-33-27-16-8-14-25(18-27)31-20-29-23-11-5-2-6-12-23;2*1-15-10-16(11-6-3-2-4-7-11)13-12(15)8-5-9-14-13;;/h1-20H,21H2;2*2-6,8-10H,1H3;;/q3*-2;;. The van der Waals surface area contributed by atoms with Gasteiger partial charge in [-0.1, -0.05) is 97.6 Å². The van der Waals surface area contributed by atoms with Crippen molar-refractivity contribution in [2.45, 2.75) is 0 Å². The summed E-state index contributed by atoms with van der Waals surface area (Å²) in [5.41, 5.74) is 7.42. The summed E-state index contributed by atoms with van der Waals surface area (Å²) in [4.78, 5) is 25.6. The van der Waals surface area contributed by atoms with Crippen molar-refractivity contribution in [1.82, 2.24) is 9.97 Å². The van der Waals surface area contributed by atoms with Crippen molar-refractivity contribution in [2.24, 2.45) is 9.98 Å². The topological polar surface area (TPSA) is 110 Å². The number of hydrogen-bond acceptors (Lipinski definition) is 10. The average Bonchev–Trinajstić information content (AvgIpc) is 3.89. The van der Waals surface area contributed by atoms with Gasteiger partial charge in [0.25, 0.3) is 0 Å². The summed E-state index contributed by atoms with van der Waals surface area (Å²) in [5, 5.41) is 8.66. The van der Waals surface area contributed by atoms with Crippen LogP contribution in [0.15, 0.2) is 204 Å². The van der Waals surface area contributed by atoms with Gasteiger partial charge in [0.15, 0.2) is 0 Å². The Morgan fingerprint density at radius 1 is 0.522 bits per heavy atom. The second-order valence-electron chi connectivity index (χ2n) is 14.2. The zero-order valence-electron chi connectivity index (χ0n) is 36.4. The minimum Gasteiger partial charge on any atom is -0.502 e. The molecule has 344 valence electrons. The van der Waals surface area contributed by atoms with Gasteiger partial charge in [-0.2, -0.15) is 74.0 Å². The normalized spacial score (nSPS) is 12.1. The van der Waals surface area contributed by atoms with Crippen LogP contribution in [-0.4, -0.2) is 43.5 Å². The van der Waals surface area contributed by atoms with Crippen LogP contribution in [0.1, 0.15) is 0 Å². The number of aromatic nitrogens is 2. The van der Waals surface area contributed by atoms with E-state index in [9.17, 15) is 0 Å². The van der Waals surface area contributed by atoms with Gasteiger partial charge in [0.1, 0.15) is 23.1 Å². The summed E-state index contributed by atoms with van der Waals surface area (Å²) in [6.45, 7) is 4.09. The molecule has 10 rings (SSSR count). The van der Waals surface area contributed by atoms with E-state index in [2.05, 4.69) is 64.7 Å². The number of ether oxygens (including phenoxy) is 2. The summed E-state index contributed by atoms with van der Waals surface area (Å²) in [6, 6.07) is 64.3. The molecule has 0 saturated heterocycles. The van der Waals surface area contributed by atoms with Crippen LogP contribution in [0.25, 0.3) is 10.6 Å². The van der Waals surface area contributed by atoms with E-state index < -0.39 is 0 Å². The zero-order chi connectivity index (χ0) is 44.5. The summed E-state index contributed by atoms with van der Waals surface area (Å²) >= 11 is 0. The van der Waals surface area contributed by atoms with Gasteiger partial charge in [-0.25, -0.2) is 9.97 Å². The van der Waals surface area contributed by atoms with Gasteiger partial charge in [-0.05, 0) is 85.4 Å². The van der Waals surface area contributed by atoms with Crippen LogP contribution in [0.4, 0.5) is 57.1 Å². The number of aliphatic imine (C=N–C) groups is 2. The molecule has 0 bridgehead atoms. The zero-order valence-corrected chi connectivity index (χ0v) is 41.0. The third-order valence-corrected chi connectivity index (χ3v) is 9.66. The van der Waals surface area contributed by atoms with E-state index in [1.807, 2.05) is 219 Å². The van der Waals surface area contributed by atoms with Crippen LogP contribution in [-0.2, 0) is 42.1 Å². The van der Waals surface area contributed by atoms with Crippen molar-refractivity contribution < 1.29 is 51.6 Å². The maximum Gasteiger partial charge on any atom is 0.230 e. The molecule has 14 heteroatoms. The Bertz CT molecular complexity index is 2680. The minimum atomic E-state index is 0. The number of rotatable bonds is 12. The van der Waals surface area contributed by atoms with E-state index in [0.29, 0.717) is 11.5 Å². The van der Waals surface area contributed by atoms with Gasteiger partial charge in [0.2, 0.25) is 6.79 Å². The Hall–Kier alpha value is -7.26. The Labute approximate surface area is 421 Å². The molecule has 67 heavy (non-hydrogen) atoms. The van der Waals surface area contributed by atoms with Crippen molar-refractivity contribution in [2.75, 3.05) is 40.5 Å². The number of para-hydroxylation sites is 4. The first-order chi connectivity index (χ1) is 32.1. The molecule has 0 fully saturated rings. The predicted molar refractivity (Wildman–Crippen MR) is 263 cm³/mol. The van der Waals surface area contributed by atoms with Gasteiger partial charge < -0.3 is 49.7 Å². The quantitative estimate of drug-likeness (QED) is 0.0515. The van der Waals surface area contributed by atoms with Crippen LogP contribution in [0.2, 0.25) is 0 Å². The van der Waals surface area contributed by atoms with Crippen molar-refractivity contribution in [3.63, 3.8) is 0 Å². The fourth-order valence-corrected chi connectivity index (χ4v) is 6.52. The smallest absolute Gasteiger partial charge is 0.230 e. The molecule has 0 saturated carbocycles. The average molecular weight is 1240 g/mol. The molecule has 0 N–H and O–H groups in total. The van der Waals surface area contributed by atoms with Gasteiger partial charge in [-0.3, -0.25) is 0 Å². The molecule has 0 unspecified atom stereocenters. The largest absolute Gasteiger partial charge is 0.502 e. The van der Waals surface area contributed by atoms with Gasteiger partial charge >= 0.3 is 0 Å². The van der Waals surface area contributed by atoms with Crippen molar-refractivity contribution >= 4 is 69.8 Å². The first kappa shape index (κ1) is 49.2. The summed E-state index contributed by atoms with van der Waals surface area (Å²) in [7, 11) is 4.03. The monoisotopic (exact) mass is 1240 g/mol. The molecule has 4 heterocycles. The van der Waals surface area contributed by atoms with Crippen LogP contribution in [0.3, 0.4) is 0 Å². The molecular weight excluding hydrogens is 1200 g/mol. The van der Waals surface area contributed by atoms with Crippen molar-refractivity contribution in [1.29, 1.82) is 0 Å². The molecule has 6 aromatic carbocycles. The number of anilines is 6. The van der Waals surface area contributed by atoms with E-state index in [4.69, 9.17) is 9.47 Å². The Balaban J connectivity index is 0.000000182. The maximum absolute atomic E-state index is 5.71. The second kappa shape index (κ2) is 25.4. The fraction of sp³-hybridized carbons (Fsp3) is 0.0566. The third kappa shape index (κ3) is 13.9. The van der Waals surface area contributed by atoms with Crippen molar-refractivity contribution in [3.05, 3.63) is 230 Å². The van der Waals surface area contributed by atoms with E-state index in [0.717, 1.165) is 57.1 Å². The Morgan fingerprint density at radius 2 is 1.00 bits per heavy atom. The SMILES string of the molecule is C(=Nc1ccccc1)[N-]c1cccc(OCOc2cccc(N=C[N-]c3ccccc3)c2)c1.CN1[CH-]N(c2[c-]cccc2)c2ncccc21.CN1[CH-]N(c2[c-]cccc2)c2ncccc21.[Pt].[Pt]. The molecule has 2 aliphatic rings. The molecule has 0 spiro atoms. The number of nitrogens with zero attached hydrogens (tertiary/aromatic N) is 10. The molecule has 2 aromatic heterocycles. The molecule has 8 aromatic rings. The van der Waals surface area contributed by atoms with E-state index in [-0.39, 0.29) is 48.9 Å². The molecular formula is C53H44N10O2Pt2-6. The third-order valence-electron chi connectivity index (χ3n) is 9.66. The summed E-state index contributed by atoms with van der Waals surface area (Å²) in [5.74, 6) is 3.21. The van der Waals surface area contributed by atoms with E-state index in [1.165, 1.54) is 12.7 Å². The van der Waals surface area contributed by atoms with Crippen LogP contribution >= 0.6 is 0 Å². The first-order valence-corrected chi connectivity index (χ1v) is 20.7. The van der Waals surface area contributed by atoms with Crippen LogP contribution < -0.4 is 29.1 Å². The van der Waals surface area contributed by atoms with E-state index in [1.54, 1.807) is 0 Å². The predicted octanol–water partition coefficient (Wildman–Crippen LogP) is 13.0. The number of fused-ring (bicyclic) bond motifs is 2. The second-order valence-corrected chi connectivity index (χ2v) is 14.2. The number of pyridine rings is 2. The minimum absolute atomic E-state index is 0.